The SMILES string of the molecule is Cc1nc(N)nc2c1C(=O)C(NC(=O)c1ccccc1)C(c1ccccc1)C2. The number of anilines is 1. The van der Waals surface area contributed by atoms with Crippen LogP contribution in [0.15, 0.2) is 60.7 Å². The van der Waals surface area contributed by atoms with Gasteiger partial charge in [0, 0.05) is 11.5 Å². The van der Waals surface area contributed by atoms with Crippen LogP contribution in [0.2, 0.25) is 0 Å². The third-order valence-corrected chi connectivity index (χ3v) is 5.08. The molecular formula is C22H20N4O2. The zero-order valence-corrected chi connectivity index (χ0v) is 15.4. The van der Waals surface area contributed by atoms with E-state index in [1.165, 1.54) is 0 Å². The Bertz CT molecular complexity index is 1040. The van der Waals surface area contributed by atoms with Gasteiger partial charge in [0.15, 0.2) is 5.78 Å². The molecule has 1 amide bonds. The predicted molar refractivity (Wildman–Crippen MR) is 106 cm³/mol. The zero-order chi connectivity index (χ0) is 19.7. The van der Waals surface area contributed by atoms with Gasteiger partial charge in [0.2, 0.25) is 5.95 Å². The normalized spacial score (nSPS) is 18.4. The van der Waals surface area contributed by atoms with Crippen LogP contribution in [-0.4, -0.2) is 27.7 Å². The lowest BCUT2D eigenvalue weighted by Crippen LogP contribution is -2.48. The number of Topliss-reactive ketones (excluding diaryl/α,β-unsaturated/α-hetero) is 1. The number of nitrogens with zero attached hydrogens (tertiary/aromatic N) is 2. The van der Waals surface area contributed by atoms with Crippen LogP contribution < -0.4 is 11.1 Å². The number of ketones is 1. The topological polar surface area (TPSA) is 98.0 Å². The van der Waals surface area contributed by atoms with Crippen molar-refractivity contribution < 1.29 is 9.59 Å². The second-order valence-corrected chi connectivity index (χ2v) is 6.89. The fourth-order valence-electron chi connectivity index (χ4n) is 3.78. The highest BCUT2D eigenvalue weighted by atomic mass is 16.2. The van der Waals surface area contributed by atoms with E-state index in [0.29, 0.717) is 28.9 Å². The maximum Gasteiger partial charge on any atom is 0.251 e. The minimum atomic E-state index is -0.700. The molecule has 0 aliphatic heterocycles. The quantitative estimate of drug-likeness (QED) is 0.737. The van der Waals surface area contributed by atoms with E-state index in [0.717, 1.165) is 5.56 Å². The van der Waals surface area contributed by atoms with E-state index in [2.05, 4.69) is 15.3 Å². The molecule has 1 aliphatic carbocycles. The fourth-order valence-corrected chi connectivity index (χ4v) is 3.78. The molecule has 1 heterocycles. The lowest BCUT2D eigenvalue weighted by Gasteiger charge is -2.32. The smallest absolute Gasteiger partial charge is 0.251 e. The predicted octanol–water partition coefficient (Wildman–Crippen LogP) is 2.69. The van der Waals surface area contributed by atoms with E-state index in [-0.39, 0.29) is 23.6 Å². The summed E-state index contributed by atoms with van der Waals surface area (Å²) in [5.74, 6) is -0.542. The van der Waals surface area contributed by atoms with Crippen LogP contribution in [-0.2, 0) is 6.42 Å². The number of benzene rings is 2. The number of carbonyl (C=O) groups excluding carboxylic acids is 2. The summed E-state index contributed by atoms with van der Waals surface area (Å²) in [5, 5.41) is 2.94. The molecule has 1 aromatic heterocycles. The van der Waals surface area contributed by atoms with Crippen LogP contribution in [0.3, 0.4) is 0 Å². The van der Waals surface area contributed by atoms with E-state index in [1.807, 2.05) is 36.4 Å². The first-order valence-corrected chi connectivity index (χ1v) is 9.12. The second-order valence-electron chi connectivity index (χ2n) is 6.89. The molecule has 2 unspecified atom stereocenters. The molecule has 2 atom stereocenters. The van der Waals surface area contributed by atoms with Crippen LogP contribution in [0.5, 0.6) is 0 Å². The summed E-state index contributed by atoms with van der Waals surface area (Å²) in [5.41, 5.74) is 8.91. The first-order chi connectivity index (χ1) is 13.5. The zero-order valence-electron chi connectivity index (χ0n) is 15.4. The summed E-state index contributed by atoms with van der Waals surface area (Å²) in [6.45, 7) is 1.74. The first-order valence-electron chi connectivity index (χ1n) is 9.12. The maximum absolute atomic E-state index is 13.4. The third-order valence-electron chi connectivity index (χ3n) is 5.08. The highest BCUT2D eigenvalue weighted by Crippen LogP contribution is 2.33. The molecule has 0 saturated heterocycles. The number of fused-ring (bicyclic) bond motifs is 1. The Kier molecular flexibility index (Phi) is 4.61. The molecule has 3 N–H and O–H groups in total. The van der Waals surface area contributed by atoms with Crippen LogP contribution in [0.1, 0.15) is 43.6 Å². The summed E-state index contributed by atoms with van der Waals surface area (Å²) in [6.07, 6.45) is 0.498. The van der Waals surface area contributed by atoms with Crippen molar-refractivity contribution >= 4 is 17.6 Å². The van der Waals surface area contributed by atoms with E-state index in [4.69, 9.17) is 5.73 Å². The van der Waals surface area contributed by atoms with Crippen LogP contribution in [0.25, 0.3) is 0 Å². The Morgan fingerprint density at radius 1 is 1.04 bits per heavy atom. The molecule has 2 aromatic carbocycles. The van der Waals surface area contributed by atoms with Crippen molar-refractivity contribution in [3.8, 4) is 0 Å². The molecule has 0 radical (unpaired) electrons. The fraction of sp³-hybridized carbons (Fsp3) is 0.182. The second kappa shape index (κ2) is 7.23. The van der Waals surface area contributed by atoms with Crippen molar-refractivity contribution in [3.63, 3.8) is 0 Å². The molecule has 1 aliphatic rings. The Balaban J connectivity index is 1.76. The standard InChI is InChI=1S/C22H20N4O2/c1-13-18-17(25-22(23)24-13)12-16(14-8-4-2-5-9-14)19(20(18)27)26-21(28)15-10-6-3-7-11-15/h2-11,16,19H,12H2,1H3,(H,26,28)(H2,23,24,25). The van der Waals surface area contributed by atoms with Gasteiger partial charge < -0.3 is 11.1 Å². The number of rotatable bonds is 3. The lowest BCUT2D eigenvalue weighted by atomic mass is 9.77. The summed E-state index contributed by atoms with van der Waals surface area (Å²) in [4.78, 5) is 34.6. The summed E-state index contributed by atoms with van der Waals surface area (Å²) in [6, 6.07) is 17.9. The Morgan fingerprint density at radius 2 is 1.68 bits per heavy atom. The lowest BCUT2D eigenvalue weighted by molar-refractivity contribution is 0.0830. The minimum Gasteiger partial charge on any atom is -0.368 e. The van der Waals surface area contributed by atoms with Crippen LogP contribution in [0, 0.1) is 6.92 Å². The van der Waals surface area contributed by atoms with Crippen molar-refractivity contribution in [1.82, 2.24) is 15.3 Å². The van der Waals surface area contributed by atoms with Gasteiger partial charge in [0.25, 0.3) is 5.91 Å². The van der Waals surface area contributed by atoms with Gasteiger partial charge in [0.05, 0.1) is 23.0 Å². The van der Waals surface area contributed by atoms with Gasteiger partial charge in [-0.2, -0.15) is 0 Å². The van der Waals surface area contributed by atoms with Crippen molar-refractivity contribution in [3.05, 3.63) is 88.7 Å². The number of nitrogen functional groups attached to an aromatic ring is 1. The average molecular weight is 372 g/mol. The summed E-state index contributed by atoms with van der Waals surface area (Å²) >= 11 is 0. The van der Waals surface area contributed by atoms with Gasteiger partial charge in [-0.15, -0.1) is 0 Å². The summed E-state index contributed by atoms with van der Waals surface area (Å²) < 4.78 is 0. The third kappa shape index (κ3) is 3.24. The monoisotopic (exact) mass is 372 g/mol. The van der Waals surface area contributed by atoms with E-state index in [1.54, 1.807) is 31.2 Å². The van der Waals surface area contributed by atoms with Gasteiger partial charge in [-0.05, 0) is 31.0 Å². The summed E-state index contributed by atoms with van der Waals surface area (Å²) in [7, 11) is 0. The number of aromatic nitrogens is 2. The molecule has 28 heavy (non-hydrogen) atoms. The molecule has 6 heteroatoms. The highest BCUT2D eigenvalue weighted by molar-refractivity contribution is 6.07. The molecule has 6 nitrogen and oxygen atoms in total. The first kappa shape index (κ1) is 17.9. The largest absolute Gasteiger partial charge is 0.368 e. The van der Waals surface area contributed by atoms with Gasteiger partial charge in [-0.3, -0.25) is 9.59 Å². The number of carbonyl (C=O) groups is 2. The average Bonchev–Trinajstić information content (AvgIpc) is 2.70. The molecule has 0 saturated carbocycles. The Labute approximate surface area is 162 Å². The number of aryl methyl sites for hydroxylation is 1. The van der Waals surface area contributed by atoms with E-state index >= 15 is 0 Å². The van der Waals surface area contributed by atoms with E-state index < -0.39 is 6.04 Å². The van der Waals surface area contributed by atoms with Crippen LogP contribution >= 0.6 is 0 Å². The maximum atomic E-state index is 13.4. The number of nitrogens with one attached hydrogen (secondary N) is 1. The molecule has 0 bridgehead atoms. The van der Waals surface area contributed by atoms with Gasteiger partial charge >= 0.3 is 0 Å². The molecule has 140 valence electrons. The van der Waals surface area contributed by atoms with Gasteiger partial charge in [-0.25, -0.2) is 9.97 Å². The number of nitrogens with two attached hydrogens (primary N) is 1. The minimum absolute atomic E-state index is 0.155. The number of amides is 1. The van der Waals surface area contributed by atoms with E-state index in [9.17, 15) is 9.59 Å². The number of hydrogen-bond donors (Lipinski definition) is 2. The highest BCUT2D eigenvalue weighted by Gasteiger charge is 2.39. The van der Waals surface area contributed by atoms with Crippen molar-refractivity contribution in [1.29, 1.82) is 0 Å². The van der Waals surface area contributed by atoms with Crippen molar-refractivity contribution in [2.45, 2.75) is 25.3 Å². The van der Waals surface area contributed by atoms with Crippen molar-refractivity contribution in [2.24, 2.45) is 0 Å². The van der Waals surface area contributed by atoms with Crippen LogP contribution in [0.4, 0.5) is 5.95 Å². The Hall–Kier alpha value is -3.54. The molecular weight excluding hydrogens is 352 g/mol. The molecule has 0 fully saturated rings. The van der Waals surface area contributed by atoms with Gasteiger partial charge in [-0.1, -0.05) is 48.5 Å². The molecule has 3 aromatic rings. The van der Waals surface area contributed by atoms with Gasteiger partial charge in [0.1, 0.15) is 0 Å². The molecule has 0 spiro atoms. The van der Waals surface area contributed by atoms with Crippen molar-refractivity contribution in [2.75, 3.05) is 5.73 Å². The number of hydrogen-bond acceptors (Lipinski definition) is 5. The molecule has 4 rings (SSSR count). The Morgan fingerprint density at radius 3 is 2.36 bits per heavy atom.